The minimum Gasteiger partial charge on any atom is -0.398 e. The Morgan fingerprint density at radius 1 is 1.06 bits per heavy atom. The number of hydrogen-bond donors (Lipinski definition) is 1. The number of para-hydroxylation sites is 1. The smallest absolute Gasteiger partial charge is 0.126 e. The number of nitrogens with two attached hydrogens (primary N) is 1. The number of nitrogens with zero attached hydrogens (tertiary/aromatic N) is 1. The van der Waals surface area contributed by atoms with Crippen LogP contribution < -0.4 is 5.73 Å². The molecule has 3 aromatic rings. The fourth-order valence-corrected chi connectivity index (χ4v) is 3.02. The van der Waals surface area contributed by atoms with Crippen LogP contribution in [0.2, 0.25) is 5.02 Å². The number of hydrogen-bond acceptors (Lipinski definition) is 3. The highest BCUT2D eigenvalue weighted by atomic mass is 35.5. The topological polar surface area (TPSA) is 38.9 Å². The van der Waals surface area contributed by atoms with E-state index in [0.717, 1.165) is 31.5 Å². The molecule has 0 amide bonds. The van der Waals surface area contributed by atoms with Gasteiger partial charge in [-0.2, -0.15) is 0 Å². The second-order valence-corrected chi connectivity index (χ2v) is 5.10. The molecule has 2 N–H and O–H groups in total. The monoisotopic (exact) mass is 260 g/mol. The van der Waals surface area contributed by atoms with E-state index in [2.05, 4.69) is 4.98 Å². The summed E-state index contributed by atoms with van der Waals surface area (Å²) in [6.07, 6.45) is 0. The first-order chi connectivity index (χ1) is 8.25. The molecule has 2 aromatic carbocycles. The van der Waals surface area contributed by atoms with Crippen LogP contribution in [0.1, 0.15) is 0 Å². The van der Waals surface area contributed by atoms with Gasteiger partial charge in [0, 0.05) is 11.3 Å². The highest BCUT2D eigenvalue weighted by molar-refractivity contribution is 7.22. The van der Waals surface area contributed by atoms with Crippen LogP contribution in [0, 0.1) is 0 Å². The fraction of sp³-hybridized carbons (Fsp3) is 0. The molecule has 17 heavy (non-hydrogen) atoms. The Balaban J connectivity index is 2.26. The maximum absolute atomic E-state index is 6.14. The number of thiazole rings is 1. The van der Waals surface area contributed by atoms with Gasteiger partial charge in [-0.25, -0.2) is 4.98 Å². The van der Waals surface area contributed by atoms with Crippen LogP contribution >= 0.6 is 22.9 Å². The van der Waals surface area contributed by atoms with Crippen molar-refractivity contribution in [3.63, 3.8) is 0 Å². The lowest BCUT2D eigenvalue weighted by atomic mass is 10.2. The summed E-state index contributed by atoms with van der Waals surface area (Å²) in [5.41, 5.74) is 8.56. The Labute approximate surface area is 108 Å². The lowest BCUT2D eigenvalue weighted by Gasteiger charge is -1.99. The van der Waals surface area contributed by atoms with Crippen LogP contribution in [-0.2, 0) is 0 Å². The minimum atomic E-state index is 0.737. The zero-order valence-corrected chi connectivity index (χ0v) is 10.4. The average molecular weight is 261 g/mol. The van der Waals surface area contributed by atoms with Gasteiger partial charge in [0.1, 0.15) is 5.01 Å². The van der Waals surface area contributed by atoms with Crippen molar-refractivity contribution in [1.82, 2.24) is 4.98 Å². The molecule has 1 heterocycles. The van der Waals surface area contributed by atoms with E-state index in [0.29, 0.717) is 0 Å². The molecule has 0 aliphatic carbocycles. The molecule has 0 spiro atoms. The summed E-state index contributed by atoms with van der Waals surface area (Å²) in [4.78, 5) is 4.56. The van der Waals surface area contributed by atoms with Crippen molar-refractivity contribution in [2.24, 2.45) is 0 Å². The third-order valence-electron chi connectivity index (χ3n) is 2.56. The second kappa shape index (κ2) is 4.02. The Bertz CT molecular complexity index is 691. The molecule has 0 aliphatic rings. The number of nitrogen functional groups attached to an aromatic ring is 1. The van der Waals surface area contributed by atoms with Gasteiger partial charge in [0.15, 0.2) is 0 Å². The number of aromatic nitrogens is 1. The number of halogens is 1. The van der Waals surface area contributed by atoms with Gasteiger partial charge in [-0.1, -0.05) is 29.8 Å². The van der Waals surface area contributed by atoms with Gasteiger partial charge in [0.2, 0.25) is 0 Å². The van der Waals surface area contributed by atoms with Gasteiger partial charge in [0.05, 0.1) is 15.2 Å². The molecule has 0 fully saturated rings. The molecule has 0 atom stereocenters. The standard InChI is InChI=1S/C13H9ClN2S/c14-9-5-3-7-11-12(9)17-13(16-11)8-4-1-2-6-10(8)15/h1-7H,15H2. The predicted octanol–water partition coefficient (Wildman–Crippen LogP) is 4.20. The molecule has 0 radical (unpaired) electrons. The van der Waals surface area contributed by atoms with E-state index >= 15 is 0 Å². The number of rotatable bonds is 1. The first-order valence-electron chi connectivity index (χ1n) is 5.15. The maximum Gasteiger partial charge on any atom is 0.126 e. The van der Waals surface area contributed by atoms with Crippen LogP contribution in [0.15, 0.2) is 42.5 Å². The normalized spacial score (nSPS) is 10.9. The Hall–Kier alpha value is -1.58. The lowest BCUT2D eigenvalue weighted by Crippen LogP contribution is -1.87. The molecule has 2 nitrogen and oxygen atoms in total. The van der Waals surface area contributed by atoms with Crippen molar-refractivity contribution < 1.29 is 0 Å². The molecule has 84 valence electrons. The Morgan fingerprint density at radius 2 is 1.88 bits per heavy atom. The fourth-order valence-electron chi connectivity index (χ4n) is 1.72. The third kappa shape index (κ3) is 1.77. The first-order valence-corrected chi connectivity index (χ1v) is 6.35. The van der Waals surface area contributed by atoms with Gasteiger partial charge in [-0.05, 0) is 24.3 Å². The maximum atomic E-state index is 6.14. The molecule has 0 aliphatic heterocycles. The van der Waals surface area contributed by atoms with Crippen LogP contribution in [0.5, 0.6) is 0 Å². The van der Waals surface area contributed by atoms with Gasteiger partial charge in [0.25, 0.3) is 0 Å². The van der Waals surface area contributed by atoms with E-state index in [1.165, 1.54) is 0 Å². The Kier molecular flexibility index (Phi) is 2.50. The van der Waals surface area contributed by atoms with Gasteiger partial charge < -0.3 is 5.73 Å². The van der Waals surface area contributed by atoms with Crippen LogP contribution in [0.25, 0.3) is 20.8 Å². The lowest BCUT2D eigenvalue weighted by molar-refractivity contribution is 1.48. The van der Waals surface area contributed by atoms with E-state index < -0.39 is 0 Å². The van der Waals surface area contributed by atoms with E-state index in [1.807, 2.05) is 42.5 Å². The van der Waals surface area contributed by atoms with Gasteiger partial charge in [-0.15, -0.1) is 11.3 Å². The highest BCUT2D eigenvalue weighted by Gasteiger charge is 2.10. The highest BCUT2D eigenvalue weighted by Crippen LogP contribution is 2.36. The average Bonchev–Trinajstić information content (AvgIpc) is 2.75. The van der Waals surface area contributed by atoms with Crippen molar-refractivity contribution in [2.45, 2.75) is 0 Å². The first kappa shape index (κ1) is 10.6. The molecular formula is C13H9ClN2S. The quantitative estimate of drug-likeness (QED) is 0.666. The summed E-state index contributed by atoms with van der Waals surface area (Å²) in [6, 6.07) is 13.5. The number of fused-ring (bicyclic) bond motifs is 1. The zero-order chi connectivity index (χ0) is 11.8. The van der Waals surface area contributed by atoms with Crippen molar-refractivity contribution in [2.75, 3.05) is 5.73 Å². The molecule has 0 unspecified atom stereocenters. The van der Waals surface area contributed by atoms with Crippen molar-refractivity contribution in [3.8, 4) is 10.6 Å². The van der Waals surface area contributed by atoms with Crippen molar-refractivity contribution in [3.05, 3.63) is 47.5 Å². The van der Waals surface area contributed by atoms with Crippen LogP contribution in [0.3, 0.4) is 0 Å². The number of anilines is 1. The van der Waals surface area contributed by atoms with Gasteiger partial charge in [-0.3, -0.25) is 0 Å². The predicted molar refractivity (Wildman–Crippen MR) is 74.5 cm³/mol. The summed E-state index contributed by atoms with van der Waals surface area (Å²) in [5.74, 6) is 0. The van der Waals surface area contributed by atoms with Crippen LogP contribution in [0.4, 0.5) is 5.69 Å². The molecule has 0 saturated carbocycles. The number of benzene rings is 2. The largest absolute Gasteiger partial charge is 0.398 e. The summed E-state index contributed by atoms with van der Waals surface area (Å²) >= 11 is 7.70. The molecule has 3 rings (SSSR count). The molecule has 0 saturated heterocycles. The minimum absolute atomic E-state index is 0.737. The molecule has 0 bridgehead atoms. The van der Waals surface area contributed by atoms with Crippen molar-refractivity contribution >= 4 is 38.8 Å². The summed E-state index contributed by atoms with van der Waals surface area (Å²) in [6.45, 7) is 0. The van der Waals surface area contributed by atoms with E-state index in [4.69, 9.17) is 17.3 Å². The molecule has 4 heteroatoms. The summed E-state index contributed by atoms with van der Waals surface area (Å²) in [5, 5.41) is 1.65. The Morgan fingerprint density at radius 3 is 2.65 bits per heavy atom. The van der Waals surface area contributed by atoms with E-state index in [1.54, 1.807) is 11.3 Å². The molecule has 1 aromatic heterocycles. The van der Waals surface area contributed by atoms with Gasteiger partial charge >= 0.3 is 0 Å². The SMILES string of the molecule is Nc1ccccc1-c1nc2cccc(Cl)c2s1. The van der Waals surface area contributed by atoms with E-state index in [-0.39, 0.29) is 0 Å². The second-order valence-electron chi connectivity index (χ2n) is 3.69. The summed E-state index contributed by atoms with van der Waals surface area (Å²) < 4.78 is 1.01. The van der Waals surface area contributed by atoms with Crippen molar-refractivity contribution in [1.29, 1.82) is 0 Å². The third-order valence-corrected chi connectivity index (χ3v) is 4.12. The van der Waals surface area contributed by atoms with E-state index in [9.17, 15) is 0 Å². The zero-order valence-electron chi connectivity index (χ0n) is 8.85. The summed E-state index contributed by atoms with van der Waals surface area (Å²) in [7, 11) is 0. The molecular weight excluding hydrogens is 252 g/mol. The van der Waals surface area contributed by atoms with Crippen LogP contribution in [-0.4, -0.2) is 4.98 Å².